The number of hydrogen-bond donors (Lipinski definition) is 2. The van der Waals surface area contributed by atoms with Crippen molar-refractivity contribution in [2.24, 2.45) is 0 Å². The lowest BCUT2D eigenvalue weighted by Crippen LogP contribution is -2.52. The van der Waals surface area contributed by atoms with Gasteiger partial charge in [-0.1, -0.05) is 19.8 Å². The first-order chi connectivity index (χ1) is 8.29. The van der Waals surface area contributed by atoms with Gasteiger partial charge in [0, 0.05) is 25.2 Å². The van der Waals surface area contributed by atoms with Crippen molar-refractivity contribution >= 4 is 6.03 Å². The van der Waals surface area contributed by atoms with Crippen LogP contribution in [0.3, 0.4) is 0 Å². The number of carbonyl (C=O) groups excluding carboxylic acids is 1. The van der Waals surface area contributed by atoms with Crippen molar-refractivity contribution in [1.82, 2.24) is 15.5 Å². The molecule has 4 nitrogen and oxygen atoms in total. The third kappa shape index (κ3) is 3.60. The van der Waals surface area contributed by atoms with Crippen LogP contribution >= 0.6 is 0 Å². The van der Waals surface area contributed by atoms with Gasteiger partial charge in [0.05, 0.1) is 0 Å². The summed E-state index contributed by atoms with van der Waals surface area (Å²) >= 11 is 0. The molecule has 1 unspecified atom stereocenters. The monoisotopic (exact) mass is 239 g/mol. The van der Waals surface area contributed by atoms with Crippen LogP contribution in [0, 0.1) is 0 Å². The molecule has 4 heteroatoms. The van der Waals surface area contributed by atoms with Gasteiger partial charge in [0.25, 0.3) is 0 Å². The van der Waals surface area contributed by atoms with E-state index in [4.69, 9.17) is 0 Å². The van der Waals surface area contributed by atoms with Gasteiger partial charge in [-0.3, -0.25) is 0 Å². The zero-order valence-corrected chi connectivity index (χ0v) is 10.9. The highest BCUT2D eigenvalue weighted by Gasteiger charge is 2.25. The van der Waals surface area contributed by atoms with Gasteiger partial charge in [0.1, 0.15) is 0 Å². The zero-order valence-electron chi connectivity index (χ0n) is 10.9. The first kappa shape index (κ1) is 12.7. The molecule has 1 aliphatic carbocycles. The Morgan fingerprint density at radius 2 is 1.88 bits per heavy atom. The van der Waals surface area contributed by atoms with E-state index in [2.05, 4.69) is 17.6 Å². The molecule has 0 aromatic carbocycles. The van der Waals surface area contributed by atoms with E-state index in [9.17, 15) is 4.79 Å². The molecule has 0 spiro atoms. The van der Waals surface area contributed by atoms with Crippen molar-refractivity contribution in [3.63, 3.8) is 0 Å². The minimum atomic E-state index is 0.152. The first-order valence-electron chi connectivity index (χ1n) is 7.08. The summed E-state index contributed by atoms with van der Waals surface area (Å²) < 4.78 is 0. The van der Waals surface area contributed by atoms with Crippen LogP contribution in [-0.2, 0) is 0 Å². The number of likely N-dealkylation sites (N-methyl/N-ethyl adjacent to an activating group) is 1. The Morgan fingerprint density at radius 3 is 2.59 bits per heavy atom. The third-order valence-corrected chi connectivity index (χ3v) is 3.88. The second kappa shape index (κ2) is 6.24. The molecule has 0 radical (unpaired) electrons. The van der Waals surface area contributed by atoms with Crippen LogP contribution in [0.1, 0.15) is 45.4 Å². The molecular formula is C13H25N3O. The summed E-state index contributed by atoms with van der Waals surface area (Å²) in [7, 11) is 0. The van der Waals surface area contributed by atoms with Crippen molar-refractivity contribution in [3.05, 3.63) is 0 Å². The van der Waals surface area contributed by atoms with E-state index in [1.54, 1.807) is 0 Å². The molecule has 1 aliphatic heterocycles. The zero-order chi connectivity index (χ0) is 12.1. The summed E-state index contributed by atoms with van der Waals surface area (Å²) in [6.45, 7) is 4.90. The molecule has 2 rings (SSSR count). The molecule has 0 bridgehead atoms. The fourth-order valence-corrected chi connectivity index (χ4v) is 2.95. The van der Waals surface area contributed by atoms with Crippen LogP contribution in [-0.4, -0.2) is 42.6 Å². The van der Waals surface area contributed by atoms with Gasteiger partial charge >= 0.3 is 6.03 Å². The molecule has 2 amide bonds. The fourth-order valence-electron chi connectivity index (χ4n) is 2.95. The number of likely N-dealkylation sites (tertiary alicyclic amines) is 1. The number of carbonyl (C=O) groups is 1. The molecule has 98 valence electrons. The van der Waals surface area contributed by atoms with Gasteiger partial charge in [-0.25, -0.2) is 4.79 Å². The lowest BCUT2D eigenvalue weighted by atomic mass is 10.1. The molecule has 2 N–H and O–H groups in total. The number of urea groups is 1. The Hall–Kier alpha value is -0.770. The fraction of sp³-hybridized carbons (Fsp3) is 0.923. The molecule has 0 aromatic heterocycles. The second-order valence-corrected chi connectivity index (χ2v) is 5.27. The lowest BCUT2D eigenvalue weighted by molar-refractivity contribution is 0.170. The summed E-state index contributed by atoms with van der Waals surface area (Å²) in [5.41, 5.74) is 0. The average Bonchev–Trinajstić information content (AvgIpc) is 2.83. The molecular weight excluding hydrogens is 214 g/mol. The highest BCUT2D eigenvalue weighted by Crippen LogP contribution is 2.18. The van der Waals surface area contributed by atoms with Gasteiger partial charge < -0.3 is 15.5 Å². The molecule has 17 heavy (non-hydrogen) atoms. The van der Waals surface area contributed by atoms with Crippen LogP contribution < -0.4 is 10.6 Å². The Kier molecular flexibility index (Phi) is 4.66. The predicted molar refractivity (Wildman–Crippen MR) is 69.1 cm³/mol. The number of nitrogens with zero attached hydrogens (tertiary/aromatic N) is 1. The summed E-state index contributed by atoms with van der Waals surface area (Å²) in [6.07, 6.45) is 7.18. The van der Waals surface area contributed by atoms with Gasteiger partial charge in [-0.05, 0) is 32.2 Å². The summed E-state index contributed by atoms with van der Waals surface area (Å²) in [4.78, 5) is 14.1. The number of piperidine rings is 1. The molecule has 2 aliphatic rings. The maximum absolute atomic E-state index is 12.1. The van der Waals surface area contributed by atoms with E-state index in [1.165, 1.54) is 19.3 Å². The Bertz CT molecular complexity index is 249. The number of rotatable bonds is 3. The van der Waals surface area contributed by atoms with Gasteiger partial charge in [-0.15, -0.1) is 0 Å². The summed E-state index contributed by atoms with van der Waals surface area (Å²) in [5, 5.41) is 6.61. The van der Waals surface area contributed by atoms with Crippen molar-refractivity contribution in [2.75, 3.05) is 19.6 Å². The van der Waals surface area contributed by atoms with Crippen LogP contribution in [0.2, 0.25) is 0 Å². The number of amides is 2. The maximum Gasteiger partial charge on any atom is 0.317 e. The molecule has 1 heterocycles. The molecule has 2 fully saturated rings. The van der Waals surface area contributed by atoms with Gasteiger partial charge in [-0.2, -0.15) is 0 Å². The van der Waals surface area contributed by atoms with E-state index < -0.39 is 0 Å². The number of nitrogens with one attached hydrogen (secondary N) is 2. The predicted octanol–water partition coefficient (Wildman–Crippen LogP) is 1.71. The van der Waals surface area contributed by atoms with Crippen molar-refractivity contribution in [1.29, 1.82) is 0 Å². The Balaban J connectivity index is 1.77. The van der Waals surface area contributed by atoms with E-state index in [1.807, 2.05) is 4.90 Å². The van der Waals surface area contributed by atoms with Crippen molar-refractivity contribution < 1.29 is 4.79 Å². The van der Waals surface area contributed by atoms with E-state index in [0.717, 1.165) is 38.9 Å². The first-order valence-corrected chi connectivity index (χ1v) is 7.08. The third-order valence-electron chi connectivity index (χ3n) is 3.88. The molecule has 0 aromatic rings. The van der Waals surface area contributed by atoms with Crippen LogP contribution in [0.5, 0.6) is 0 Å². The Morgan fingerprint density at radius 1 is 1.18 bits per heavy atom. The van der Waals surface area contributed by atoms with Crippen LogP contribution in [0.4, 0.5) is 4.79 Å². The van der Waals surface area contributed by atoms with Crippen molar-refractivity contribution in [3.8, 4) is 0 Å². The smallest absolute Gasteiger partial charge is 0.317 e. The maximum atomic E-state index is 12.1. The van der Waals surface area contributed by atoms with Crippen molar-refractivity contribution in [2.45, 2.75) is 57.5 Å². The number of hydrogen-bond acceptors (Lipinski definition) is 2. The summed E-state index contributed by atoms with van der Waals surface area (Å²) in [5.74, 6) is 0. The topological polar surface area (TPSA) is 44.4 Å². The standard InChI is InChI=1S/C13H25N3O/c1-2-14-12-8-5-9-16(10-12)13(17)15-11-6-3-4-7-11/h11-12,14H,2-10H2,1H3,(H,15,17). The highest BCUT2D eigenvalue weighted by atomic mass is 16.2. The van der Waals surface area contributed by atoms with Crippen LogP contribution in [0.25, 0.3) is 0 Å². The Labute approximate surface area is 104 Å². The lowest BCUT2D eigenvalue weighted by Gasteiger charge is -2.33. The van der Waals surface area contributed by atoms with Gasteiger partial charge in [0.2, 0.25) is 0 Å². The second-order valence-electron chi connectivity index (χ2n) is 5.27. The highest BCUT2D eigenvalue weighted by molar-refractivity contribution is 5.74. The molecule has 1 saturated heterocycles. The molecule has 1 saturated carbocycles. The summed E-state index contributed by atoms with van der Waals surface area (Å²) in [6, 6.07) is 1.07. The normalized spacial score (nSPS) is 26.2. The van der Waals surface area contributed by atoms with E-state index in [-0.39, 0.29) is 6.03 Å². The quantitative estimate of drug-likeness (QED) is 0.787. The minimum Gasteiger partial charge on any atom is -0.335 e. The van der Waals surface area contributed by atoms with E-state index in [0.29, 0.717) is 12.1 Å². The largest absolute Gasteiger partial charge is 0.335 e. The SMILES string of the molecule is CCNC1CCCN(C(=O)NC2CCCC2)C1. The molecule has 1 atom stereocenters. The van der Waals surface area contributed by atoms with Gasteiger partial charge in [0.15, 0.2) is 0 Å². The van der Waals surface area contributed by atoms with Crippen LogP contribution in [0.15, 0.2) is 0 Å². The average molecular weight is 239 g/mol. The minimum absolute atomic E-state index is 0.152. The van der Waals surface area contributed by atoms with E-state index >= 15 is 0 Å².